The van der Waals surface area contributed by atoms with Crippen LogP contribution in [0, 0.1) is 17.8 Å². The lowest BCUT2D eigenvalue weighted by Crippen LogP contribution is -2.44. The number of hydrogen-bond acceptors (Lipinski definition) is 3. The minimum Gasteiger partial charge on any atom is -0.381 e. The molecule has 0 aromatic carbocycles. The van der Waals surface area contributed by atoms with Crippen LogP contribution in [0.1, 0.15) is 39.0 Å². The van der Waals surface area contributed by atoms with Gasteiger partial charge in [0.2, 0.25) is 5.91 Å². The zero-order chi connectivity index (χ0) is 13.0. The fourth-order valence-electron chi connectivity index (χ4n) is 3.33. The first kappa shape index (κ1) is 13.8. The van der Waals surface area contributed by atoms with Crippen LogP contribution in [0.15, 0.2) is 0 Å². The monoisotopic (exact) mass is 254 g/mol. The molecular formula is C14H26N2O2. The van der Waals surface area contributed by atoms with Crippen molar-refractivity contribution in [2.24, 2.45) is 23.5 Å². The Morgan fingerprint density at radius 3 is 2.72 bits per heavy atom. The summed E-state index contributed by atoms with van der Waals surface area (Å²) in [5.74, 6) is 1.34. The van der Waals surface area contributed by atoms with Crippen LogP contribution in [0.25, 0.3) is 0 Å². The van der Waals surface area contributed by atoms with Crippen molar-refractivity contribution < 1.29 is 9.53 Å². The minimum atomic E-state index is 0.150. The molecular weight excluding hydrogens is 228 g/mol. The average molecular weight is 254 g/mol. The lowest BCUT2D eigenvalue weighted by molar-refractivity contribution is -0.127. The van der Waals surface area contributed by atoms with Crippen molar-refractivity contribution in [2.75, 3.05) is 19.8 Å². The molecule has 1 aliphatic carbocycles. The number of carbonyl (C=O) groups excluding carboxylic acids is 1. The average Bonchev–Trinajstić information content (AvgIpc) is 2.88. The second kappa shape index (κ2) is 6.53. The van der Waals surface area contributed by atoms with Crippen LogP contribution in [0.2, 0.25) is 0 Å². The van der Waals surface area contributed by atoms with Gasteiger partial charge in [0.15, 0.2) is 0 Å². The Bertz CT molecular complexity index is 277. The fraction of sp³-hybridized carbons (Fsp3) is 0.929. The lowest BCUT2D eigenvalue weighted by atomic mass is 9.91. The van der Waals surface area contributed by atoms with Gasteiger partial charge in [0.25, 0.3) is 0 Å². The molecule has 3 atom stereocenters. The van der Waals surface area contributed by atoms with Crippen LogP contribution in [-0.4, -0.2) is 31.7 Å². The van der Waals surface area contributed by atoms with E-state index in [1.54, 1.807) is 0 Å². The highest BCUT2D eigenvalue weighted by atomic mass is 16.5. The van der Waals surface area contributed by atoms with Gasteiger partial charge in [0.1, 0.15) is 0 Å². The smallest absolute Gasteiger partial charge is 0.223 e. The molecule has 0 aromatic heterocycles. The van der Waals surface area contributed by atoms with Gasteiger partial charge in [-0.1, -0.05) is 6.42 Å². The van der Waals surface area contributed by atoms with Crippen LogP contribution in [0.3, 0.4) is 0 Å². The van der Waals surface area contributed by atoms with E-state index in [2.05, 4.69) is 12.2 Å². The maximum Gasteiger partial charge on any atom is 0.223 e. The molecule has 0 bridgehead atoms. The molecule has 1 aliphatic heterocycles. The Morgan fingerprint density at radius 1 is 1.33 bits per heavy atom. The van der Waals surface area contributed by atoms with Gasteiger partial charge in [0.05, 0.1) is 0 Å². The predicted octanol–water partition coefficient (Wildman–Crippen LogP) is 1.29. The van der Waals surface area contributed by atoms with Gasteiger partial charge in [-0.05, 0) is 51.0 Å². The van der Waals surface area contributed by atoms with Gasteiger partial charge in [-0.25, -0.2) is 0 Å². The summed E-state index contributed by atoms with van der Waals surface area (Å²) < 4.78 is 5.36. The maximum absolute atomic E-state index is 12.3. The molecule has 0 spiro atoms. The van der Waals surface area contributed by atoms with Crippen molar-refractivity contribution in [3.05, 3.63) is 0 Å². The largest absolute Gasteiger partial charge is 0.381 e. The molecule has 4 heteroatoms. The van der Waals surface area contributed by atoms with E-state index in [1.807, 2.05) is 0 Å². The zero-order valence-electron chi connectivity index (χ0n) is 11.4. The molecule has 1 saturated carbocycles. The number of amides is 1. The molecule has 1 saturated heterocycles. The second-order valence-corrected chi connectivity index (χ2v) is 5.78. The zero-order valence-corrected chi connectivity index (χ0v) is 11.4. The third kappa shape index (κ3) is 3.23. The normalized spacial score (nSPS) is 31.2. The van der Waals surface area contributed by atoms with Crippen LogP contribution in [-0.2, 0) is 9.53 Å². The summed E-state index contributed by atoms with van der Waals surface area (Å²) in [5.41, 5.74) is 5.74. The van der Waals surface area contributed by atoms with Gasteiger partial charge in [-0.15, -0.1) is 0 Å². The first-order chi connectivity index (χ1) is 8.72. The summed E-state index contributed by atoms with van der Waals surface area (Å²) in [4.78, 5) is 12.3. The third-order valence-electron chi connectivity index (χ3n) is 4.64. The molecule has 4 nitrogen and oxygen atoms in total. The third-order valence-corrected chi connectivity index (χ3v) is 4.64. The van der Waals surface area contributed by atoms with E-state index in [4.69, 9.17) is 10.5 Å². The van der Waals surface area contributed by atoms with E-state index >= 15 is 0 Å². The van der Waals surface area contributed by atoms with Crippen molar-refractivity contribution >= 4 is 5.91 Å². The maximum atomic E-state index is 12.3. The van der Waals surface area contributed by atoms with E-state index in [1.165, 1.54) is 0 Å². The number of rotatable bonds is 4. The molecule has 2 rings (SSSR count). The van der Waals surface area contributed by atoms with Gasteiger partial charge in [-0.3, -0.25) is 4.79 Å². The standard InChI is InChI=1S/C14H26N2O2/c1-10(11-5-7-18-8-6-11)16-14(17)13-4-2-3-12(13)9-15/h10-13H,2-9,15H2,1H3,(H,16,17)/t10?,12-,13-/m1/s1. The highest BCUT2D eigenvalue weighted by molar-refractivity contribution is 5.79. The van der Waals surface area contributed by atoms with Crippen LogP contribution in [0.5, 0.6) is 0 Å². The molecule has 1 unspecified atom stereocenters. The molecule has 0 aromatic rings. The van der Waals surface area contributed by atoms with Crippen LogP contribution < -0.4 is 11.1 Å². The van der Waals surface area contributed by atoms with E-state index in [9.17, 15) is 4.79 Å². The Morgan fingerprint density at radius 2 is 2.06 bits per heavy atom. The summed E-state index contributed by atoms with van der Waals surface area (Å²) in [7, 11) is 0. The highest BCUT2D eigenvalue weighted by Gasteiger charge is 2.33. The Balaban J connectivity index is 1.82. The number of nitrogens with one attached hydrogen (secondary N) is 1. The van der Waals surface area contributed by atoms with Crippen molar-refractivity contribution in [2.45, 2.75) is 45.1 Å². The van der Waals surface area contributed by atoms with Gasteiger partial charge in [-0.2, -0.15) is 0 Å². The molecule has 3 N–H and O–H groups in total. The first-order valence-corrected chi connectivity index (χ1v) is 7.30. The van der Waals surface area contributed by atoms with Crippen molar-refractivity contribution in [3.8, 4) is 0 Å². The van der Waals surface area contributed by atoms with Gasteiger partial charge < -0.3 is 15.8 Å². The number of hydrogen-bond donors (Lipinski definition) is 2. The topological polar surface area (TPSA) is 64.4 Å². The van der Waals surface area contributed by atoms with Gasteiger partial charge >= 0.3 is 0 Å². The number of nitrogens with two attached hydrogens (primary N) is 1. The number of carbonyl (C=O) groups is 1. The molecule has 1 amide bonds. The molecule has 1 heterocycles. The summed E-state index contributed by atoms with van der Waals surface area (Å²) in [6.45, 7) is 4.43. The summed E-state index contributed by atoms with van der Waals surface area (Å²) in [6.07, 6.45) is 5.39. The molecule has 2 aliphatic rings. The van der Waals surface area contributed by atoms with E-state index in [0.29, 0.717) is 18.4 Å². The Kier molecular flexibility index (Phi) is 5.01. The number of ether oxygens (including phenoxy) is 1. The fourth-order valence-corrected chi connectivity index (χ4v) is 3.33. The predicted molar refractivity (Wildman–Crippen MR) is 71.0 cm³/mol. The molecule has 18 heavy (non-hydrogen) atoms. The summed E-state index contributed by atoms with van der Waals surface area (Å²) in [6, 6.07) is 0.264. The van der Waals surface area contributed by atoms with Crippen LogP contribution >= 0.6 is 0 Å². The van der Waals surface area contributed by atoms with E-state index < -0.39 is 0 Å². The van der Waals surface area contributed by atoms with E-state index in [0.717, 1.165) is 45.3 Å². The molecule has 2 fully saturated rings. The Hall–Kier alpha value is -0.610. The van der Waals surface area contributed by atoms with Crippen molar-refractivity contribution in [1.29, 1.82) is 0 Å². The van der Waals surface area contributed by atoms with Crippen LogP contribution in [0.4, 0.5) is 0 Å². The molecule has 0 radical (unpaired) electrons. The second-order valence-electron chi connectivity index (χ2n) is 5.78. The molecule has 104 valence electrons. The summed E-state index contributed by atoms with van der Waals surface area (Å²) in [5, 5.41) is 3.21. The summed E-state index contributed by atoms with van der Waals surface area (Å²) >= 11 is 0. The lowest BCUT2D eigenvalue weighted by Gasteiger charge is -2.30. The quantitative estimate of drug-likeness (QED) is 0.794. The van der Waals surface area contributed by atoms with Crippen molar-refractivity contribution in [3.63, 3.8) is 0 Å². The minimum absolute atomic E-state index is 0.150. The van der Waals surface area contributed by atoms with Crippen molar-refractivity contribution in [1.82, 2.24) is 5.32 Å². The first-order valence-electron chi connectivity index (χ1n) is 7.30. The highest BCUT2D eigenvalue weighted by Crippen LogP contribution is 2.31. The van der Waals surface area contributed by atoms with Gasteiger partial charge in [0, 0.05) is 25.2 Å². The van der Waals surface area contributed by atoms with E-state index in [-0.39, 0.29) is 17.9 Å². The Labute approximate surface area is 110 Å². The SMILES string of the molecule is CC(NC(=O)[C@@H]1CCC[C@@H]1CN)C1CCOCC1.